The van der Waals surface area contributed by atoms with Crippen LogP contribution in [0.25, 0.3) is 0 Å². The van der Waals surface area contributed by atoms with Crippen molar-refractivity contribution in [2.45, 2.75) is 20.1 Å². The van der Waals surface area contributed by atoms with Crippen molar-refractivity contribution in [3.05, 3.63) is 56.8 Å². The smallest absolute Gasteiger partial charge is 0.175 e. The highest BCUT2D eigenvalue weighted by Gasteiger charge is 2.14. The molecule has 2 aromatic carbocycles. The highest BCUT2D eigenvalue weighted by atomic mass is 79.9. The summed E-state index contributed by atoms with van der Waals surface area (Å²) in [4.78, 5) is 0. The Hall–Kier alpha value is -1.30. The van der Waals surface area contributed by atoms with Gasteiger partial charge in [0.05, 0.1) is 22.7 Å². The van der Waals surface area contributed by atoms with E-state index in [9.17, 15) is 9.50 Å². The molecule has 0 atom stereocenters. The van der Waals surface area contributed by atoms with Gasteiger partial charge >= 0.3 is 0 Å². The summed E-state index contributed by atoms with van der Waals surface area (Å²) in [6.45, 7) is 2.15. The van der Waals surface area contributed by atoms with Crippen LogP contribution in [0.5, 0.6) is 11.5 Å². The van der Waals surface area contributed by atoms with E-state index in [1.807, 2.05) is 6.92 Å². The predicted molar refractivity (Wildman–Crippen MR) is 87.0 cm³/mol. The molecule has 0 radical (unpaired) electrons. The summed E-state index contributed by atoms with van der Waals surface area (Å²) < 4.78 is 25.6. The molecule has 2 rings (SSSR count). The molecule has 6 heteroatoms. The molecular formula is C16H15BrClFO3. The minimum absolute atomic E-state index is 0.0251. The molecule has 0 fully saturated rings. The first-order valence-corrected chi connectivity index (χ1v) is 7.85. The number of halogens is 3. The van der Waals surface area contributed by atoms with Crippen molar-refractivity contribution in [1.29, 1.82) is 0 Å². The standard InChI is InChI=1S/C16H15BrClFO3/c1-2-21-15-7-10(8-20)6-12(17)16(15)22-9-11-13(18)4-3-5-14(11)19/h3-7,20H,2,8-9H2,1H3. The van der Waals surface area contributed by atoms with Gasteiger partial charge in [-0.3, -0.25) is 0 Å². The highest BCUT2D eigenvalue weighted by molar-refractivity contribution is 9.10. The van der Waals surface area contributed by atoms with E-state index in [-0.39, 0.29) is 18.8 Å². The molecule has 0 aliphatic rings. The Morgan fingerprint density at radius 3 is 2.68 bits per heavy atom. The highest BCUT2D eigenvalue weighted by Crippen LogP contribution is 2.38. The van der Waals surface area contributed by atoms with Crippen molar-refractivity contribution < 1.29 is 19.0 Å². The molecule has 118 valence electrons. The van der Waals surface area contributed by atoms with Crippen molar-refractivity contribution in [2.75, 3.05) is 6.61 Å². The third-order valence-corrected chi connectivity index (χ3v) is 3.92. The maximum absolute atomic E-state index is 13.8. The first-order valence-electron chi connectivity index (χ1n) is 6.68. The van der Waals surface area contributed by atoms with Crippen LogP contribution in [0, 0.1) is 5.82 Å². The molecule has 0 heterocycles. The number of ether oxygens (including phenoxy) is 2. The van der Waals surface area contributed by atoms with Crippen molar-refractivity contribution in [1.82, 2.24) is 0 Å². The Labute approximate surface area is 141 Å². The Kier molecular flexibility index (Phi) is 6.06. The SMILES string of the molecule is CCOc1cc(CO)cc(Br)c1OCc1c(F)cccc1Cl. The topological polar surface area (TPSA) is 38.7 Å². The maximum Gasteiger partial charge on any atom is 0.175 e. The predicted octanol–water partition coefficient (Wildman–Crippen LogP) is 4.71. The third kappa shape index (κ3) is 3.91. The van der Waals surface area contributed by atoms with E-state index in [2.05, 4.69) is 15.9 Å². The fourth-order valence-electron chi connectivity index (χ4n) is 1.93. The normalized spacial score (nSPS) is 10.6. The van der Waals surface area contributed by atoms with Crippen LogP contribution in [-0.4, -0.2) is 11.7 Å². The first-order chi connectivity index (χ1) is 10.6. The lowest BCUT2D eigenvalue weighted by Gasteiger charge is -2.15. The molecule has 22 heavy (non-hydrogen) atoms. The lowest BCUT2D eigenvalue weighted by Crippen LogP contribution is -2.03. The number of hydrogen-bond acceptors (Lipinski definition) is 3. The molecular weight excluding hydrogens is 375 g/mol. The van der Waals surface area contributed by atoms with Crippen molar-refractivity contribution in [3.8, 4) is 11.5 Å². The quantitative estimate of drug-likeness (QED) is 0.777. The minimum atomic E-state index is -0.423. The fourth-order valence-corrected chi connectivity index (χ4v) is 2.75. The summed E-state index contributed by atoms with van der Waals surface area (Å²) in [7, 11) is 0. The Bertz CT molecular complexity index is 644. The Morgan fingerprint density at radius 2 is 2.05 bits per heavy atom. The number of rotatable bonds is 6. The van der Waals surface area contributed by atoms with Gasteiger partial charge in [-0.05, 0) is 52.7 Å². The number of aliphatic hydroxyl groups is 1. The lowest BCUT2D eigenvalue weighted by atomic mass is 10.2. The second kappa shape index (κ2) is 7.81. The van der Waals surface area contributed by atoms with Crippen LogP contribution < -0.4 is 9.47 Å². The van der Waals surface area contributed by atoms with Gasteiger partial charge in [-0.25, -0.2) is 4.39 Å². The van der Waals surface area contributed by atoms with Gasteiger partial charge in [0.2, 0.25) is 0 Å². The van der Waals surface area contributed by atoms with Crippen LogP contribution >= 0.6 is 27.5 Å². The van der Waals surface area contributed by atoms with Gasteiger partial charge < -0.3 is 14.6 Å². The molecule has 1 N–H and O–H groups in total. The second-order valence-corrected chi connectivity index (χ2v) is 5.75. The van der Waals surface area contributed by atoms with Crippen molar-refractivity contribution in [3.63, 3.8) is 0 Å². The van der Waals surface area contributed by atoms with E-state index < -0.39 is 5.82 Å². The summed E-state index contributed by atoms with van der Waals surface area (Å²) in [6, 6.07) is 7.89. The van der Waals surface area contributed by atoms with Gasteiger partial charge in [0.1, 0.15) is 12.4 Å². The molecule has 0 unspecified atom stereocenters. The van der Waals surface area contributed by atoms with Crippen molar-refractivity contribution in [2.24, 2.45) is 0 Å². The van der Waals surface area contributed by atoms with Gasteiger partial charge in [0.15, 0.2) is 11.5 Å². The summed E-state index contributed by atoms with van der Waals surface area (Å²) in [6.07, 6.45) is 0. The van der Waals surface area contributed by atoms with Gasteiger partial charge in [-0.15, -0.1) is 0 Å². The van der Waals surface area contributed by atoms with Gasteiger partial charge in [0, 0.05) is 5.56 Å². The lowest BCUT2D eigenvalue weighted by molar-refractivity contribution is 0.259. The van der Waals surface area contributed by atoms with E-state index in [0.717, 1.165) is 0 Å². The molecule has 0 aliphatic heterocycles. The minimum Gasteiger partial charge on any atom is -0.490 e. The summed E-state index contributed by atoms with van der Waals surface area (Å²) in [5.41, 5.74) is 0.969. The number of hydrogen-bond donors (Lipinski definition) is 1. The largest absolute Gasteiger partial charge is 0.490 e. The molecule has 0 saturated heterocycles. The molecule has 0 amide bonds. The fraction of sp³-hybridized carbons (Fsp3) is 0.250. The van der Waals surface area contributed by atoms with Crippen LogP contribution in [0.4, 0.5) is 4.39 Å². The molecule has 0 saturated carbocycles. The van der Waals surface area contributed by atoms with Crippen molar-refractivity contribution >= 4 is 27.5 Å². The summed E-state index contributed by atoms with van der Waals surface area (Å²) in [5, 5.41) is 9.55. The zero-order valence-electron chi connectivity index (χ0n) is 11.9. The average molecular weight is 390 g/mol. The maximum atomic E-state index is 13.8. The third-order valence-electron chi connectivity index (χ3n) is 2.97. The van der Waals surface area contributed by atoms with Gasteiger partial charge in [-0.2, -0.15) is 0 Å². The van der Waals surface area contributed by atoms with E-state index in [4.69, 9.17) is 21.1 Å². The van der Waals surface area contributed by atoms with Crippen LogP contribution in [0.1, 0.15) is 18.1 Å². The molecule has 0 aromatic heterocycles. The van der Waals surface area contributed by atoms with Gasteiger partial charge in [-0.1, -0.05) is 17.7 Å². The first kappa shape index (κ1) is 17.1. The van der Waals surface area contributed by atoms with Gasteiger partial charge in [0.25, 0.3) is 0 Å². The molecule has 0 aliphatic carbocycles. The van der Waals surface area contributed by atoms with Crippen LogP contribution in [-0.2, 0) is 13.2 Å². The Balaban J connectivity index is 2.29. The summed E-state index contributed by atoms with van der Waals surface area (Å²) in [5.74, 6) is 0.500. The van der Waals surface area contributed by atoms with E-state index in [1.54, 1.807) is 24.3 Å². The molecule has 0 spiro atoms. The number of benzene rings is 2. The zero-order valence-corrected chi connectivity index (χ0v) is 14.2. The monoisotopic (exact) mass is 388 g/mol. The van der Waals surface area contributed by atoms with E-state index in [1.165, 1.54) is 6.07 Å². The van der Waals surface area contributed by atoms with E-state index in [0.29, 0.717) is 33.2 Å². The van der Waals surface area contributed by atoms with E-state index >= 15 is 0 Å². The summed E-state index contributed by atoms with van der Waals surface area (Å²) >= 11 is 9.36. The molecule has 0 bridgehead atoms. The van der Waals surface area contributed by atoms with Crippen LogP contribution in [0.2, 0.25) is 5.02 Å². The zero-order chi connectivity index (χ0) is 16.1. The van der Waals surface area contributed by atoms with Crippen LogP contribution in [0.3, 0.4) is 0 Å². The second-order valence-electron chi connectivity index (χ2n) is 4.48. The molecule has 2 aromatic rings. The molecule has 3 nitrogen and oxygen atoms in total. The Morgan fingerprint density at radius 1 is 1.27 bits per heavy atom. The number of aliphatic hydroxyl groups excluding tert-OH is 1. The average Bonchev–Trinajstić information content (AvgIpc) is 2.48. The van der Waals surface area contributed by atoms with Crippen LogP contribution in [0.15, 0.2) is 34.8 Å².